The fourth-order valence-electron chi connectivity index (χ4n) is 5.06. The van der Waals surface area contributed by atoms with Gasteiger partial charge < -0.3 is 15.1 Å². The lowest BCUT2D eigenvalue weighted by atomic mass is 10.1. The Bertz CT molecular complexity index is 1400. The van der Waals surface area contributed by atoms with Crippen molar-refractivity contribution in [3.8, 4) is 11.8 Å². The van der Waals surface area contributed by atoms with Crippen LogP contribution in [0, 0.1) is 11.3 Å². The topological polar surface area (TPSA) is 106 Å². The summed E-state index contributed by atoms with van der Waals surface area (Å²) in [5.41, 5.74) is 0.272. The molecule has 12 heteroatoms. The lowest BCUT2D eigenvalue weighted by molar-refractivity contribution is 0.182. The standard InChI is InChI=1S/C25H29Cl2N9O/c1-3-33(4-2)17-14-35(15-17)25-31-22-18(23(32-25)34-11-10-29-16(13-34)8-9-28)12-30-36(24(22)37)20-7-5-6-19(26)21(20)27/h5-7,12,16-17,29H,3-4,8,10-11,13-15H2,1-2H3. The third kappa shape index (κ3) is 4.84. The van der Waals surface area contributed by atoms with Crippen molar-refractivity contribution in [2.75, 3.05) is 55.6 Å². The number of aromatic nitrogens is 4. The average Bonchev–Trinajstić information content (AvgIpc) is 2.88. The Balaban J connectivity index is 1.60. The highest BCUT2D eigenvalue weighted by molar-refractivity contribution is 6.43. The van der Waals surface area contributed by atoms with Crippen LogP contribution in [0.3, 0.4) is 0 Å². The minimum atomic E-state index is -0.393. The monoisotopic (exact) mass is 541 g/mol. The van der Waals surface area contributed by atoms with Gasteiger partial charge >= 0.3 is 0 Å². The zero-order chi connectivity index (χ0) is 26.1. The molecule has 0 saturated carbocycles. The molecular weight excluding hydrogens is 513 g/mol. The highest BCUT2D eigenvalue weighted by Gasteiger charge is 2.34. The Morgan fingerprint density at radius 3 is 2.68 bits per heavy atom. The van der Waals surface area contributed by atoms with Gasteiger partial charge in [-0.1, -0.05) is 43.1 Å². The van der Waals surface area contributed by atoms with Crippen LogP contribution in [-0.4, -0.2) is 82.5 Å². The third-order valence-corrected chi connectivity index (χ3v) is 7.95. The molecule has 37 heavy (non-hydrogen) atoms. The van der Waals surface area contributed by atoms with Crippen molar-refractivity contribution in [3.63, 3.8) is 0 Å². The fourth-order valence-corrected chi connectivity index (χ4v) is 5.44. The number of hydrogen-bond acceptors (Lipinski definition) is 9. The van der Waals surface area contributed by atoms with Crippen LogP contribution in [0.25, 0.3) is 16.6 Å². The summed E-state index contributed by atoms with van der Waals surface area (Å²) >= 11 is 12.6. The van der Waals surface area contributed by atoms with Gasteiger partial charge in [0.2, 0.25) is 5.95 Å². The summed E-state index contributed by atoms with van der Waals surface area (Å²) in [4.78, 5) is 30.1. The number of nitrogens with zero attached hydrogens (tertiary/aromatic N) is 8. The molecule has 2 aliphatic rings. The van der Waals surface area contributed by atoms with Gasteiger partial charge in [-0.15, -0.1) is 0 Å². The largest absolute Gasteiger partial charge is 0.353 e. The Hall–Kier alpha value is -2.97. The quantitative estimate of drug-likeness (QED) is 0.483. The molecule has 0 aliphatic carbocycles. The Morgan fingerprint density at radius 1 is 1.16 bits per heavy atom. The molecule has 1 atom stereocenters. The van der Waals surface area contributed by atoms with Crippen molar-refractivity contribution < 1.29 is 0 Å². The van der Waals surface area contributed by atoms with Gasteiger partial charge in [-0.2, -0.15) is 20.0 Å². The summed E-state index contributed by atoms with van der Waals surface area (Å²) in [5, 5.41) is 18.2. The molecule has 10 nitrogen and oxygen atoms in total. The second-order valence-corrected chi connectivity index (χ2v) is 10.1. The molecular formula is C25H29Cl2N9O. The van der Waals surface area contributed by atoms with Crippen molar-refractivity contribution in [1.82, 2.24) is 30.0 Å². The summed E-state index contributed by atoms with van der Waals surface area (Å²) in [6.45, 7) is 9.89. The minimum absolute atomic E-state index is 0.0156. The maximum atomic E-state index is 13.7. The SMILES string of the molecule is CCN(CC)C1CN(c2nc(N3CCNC(CC#N)C3)c3cnn(-c4cccc(Cl)c4Cl)c(=O)c3n2)C1. The highest BCUT2D eigenvalue weighted by atomic mass is 35.5. The van der Waals surface area contributed by atoms with Crippen LogP contribution in [0.4, 0.5) is 11.8 Å². The van der Waals surface area contributed by atoms with E-state index in [2.05, 4.69) is 45.0 Å². The van der Waals surface area contributed by atoms with Gasteiger partial charge in [0, 0.05) is 44.8 Å². The predicted molar refractivity (Wildman–Crippen MR) is 146 cm³/mol. The molecule has 2 fully saturated rings. The Labute approximate surface area is 225 Å². The van der Waals surface area contributed by atoms with Gasteiger partial charge in [0.05, 0.1) is 39.8 Å². The van der Waals surface area contributed by atoms with Gasteiger partial charge in [-0.3, -0.25) is 9.69 Å². The van der Waals surface area contributed by atoms with Gasteiger partial charge in [0.15, 0.2) is 0 Å². The number of nitrogens with one attached hydrogen (secondary N) is 1. The number of piperazine rings is 1. The summed E-state index contributed by atoms with van der Waals surface area (Å²) in [6.07, 6.45) is 2.01. The van der Waals surface area contributed by atoms with Gasteiger partial charge in [0.25, 0.3) is 5.56 Å². The molecule has 0 spiro atoms. The molecule has 1 unspecified atom stereocenters. The molecule has 1 N–H and O–H groups in total. The molecule has 5 rings (SSSR count). The second-order valence-electron chi connectivity index (χ2n) is 9.28. The molecule has 2 saturated heterocycles. The van der Waals surface area contributed by atoms with Crippen LogP contribution in [0.5, 0.6) is 0 Å². The van der Waals surface area contributed by atoms with Crippen molar-refractivity contribution in [1.29, 1.82) is 5.26 Å². The number of likely N-dealkylation sites (N-methyl/N-ethyl adjacent to an activating group) is 1. The van der Waals surface area contributed by atoms with Crippen molar-refractivity contribution in [2.45, 2.75) is 32.4 Å². The second kappa shape index (κ2) is 10.8. The van der Waals surface area contributed by atoms with Crippen LogP contribution in [0.15, 0.2) is 29.2 Å². The Kier molecular flexibility index (Phi) is 7.49. The van der Waals surface area contributed by atoms with Crippen LogP contribution in [-0.2, 0) is 0 Å². The maximum Gasteiger partial charge on any atom is 0.298 e. The first kappa shape index (κ1) is 25.7. The van der Waals surface area contributed by atoms with E-state index in [0.29, 0.717) is 60.0 Å². The number of nitriles is 1. The summed E-state index contributed by atoms with van der Waals surface area (Å²) in [7, 11) is 0. The van der Waals surface area contributed by atoms with E-state index in [4.69, 9.17) is 33.2 Å². The third-order valence-electron chi connectivity index (χ3n) is 7.14. The van der Waals surface area contributed by atoms with E-state index in [0.717, 1.165) is 26.2 Å². The maximum absolute atomic E-state index is 13.7. The first-order valence-corrected chi connectivity index (χ1v) is 13.3. The van der Waals surface area contributed by atoms with Crippen molar-refractivity contribution in [2.24, 2.45) is 0 Å². The lowest BCUT2D eigenvalue weighted by Gasteiger charge is -2.45. The molecule has 2 aromatic heterocycles. The van der Waals surface area contributed by atoms with Crippen LogP contribution in [0.2, 0.25) is 10.0 Å². The zero-order valence-electron chi connectivity index (χ0n) is 20.9. The number of anilines is 2. The molecule has 0 bridgehead atoms. The normalized spacial score (nSPS) is 18.3. The molecule has 3 aromatic rings. The summed E-state index contributed by atoms with van der Waals surface area (Å²) in [5.74, 6) is 1.18. The molecule has 2 aliphatic heterocycles. The fraction of sp³-hybridized carbons (Fsp3) is 0.480. The van der Waals surface area contributed by atoms with Crippen molar-refractivity contribution >= 4 is 45.9 Å². The number of halogens is 2. The zero-order valence-corrected chi connectivity index (χ0v) is 22.4. The predicted octanol–water partition coefficient (Wildman–Crippen LogP) is 2.70. The summed E-state index contributed by atoms with van der Waals surface area (Å²) in [6, 6.07) is 7.77. The van der Waals surface area contributed by atoms with Gasteiger partial charge in [-0.25, -0.2) is 4.98 Å². The number of rotatable bonds is 7. The van der Waals surface area contributed by atoms with E-state index in [1.165, 1.54) is 4.68 Å². The summed E-state index contributed by atoms with van der Waals surface area (Å²) < 4.78 is 1.24. The van der Waals surface area contributed by atoms with Gasteiger partial charge in [0.1, 0.15) is 11.3 Å². The van der Waals surface area contributed by atoms with E-state index in [9.17, 15) is 10.1 Å². The van der Waals surface area contributed by atoms with Gasteiger partial charge in [-0.05, 0) is 25.2 Å². The number of benzene rings is 1. The van der Waals surface area contributed by atoms with E-state index < -0.39 is 5.56 Å². The highest BCUT2D eigenvalue weighted by Crippen LogP contribution is 2.30. The smallest absolute Gasteiger partial charge is 0.298 e. The number of hydrogen-bond donors (Lipinski definition) is 1. The van der Waals surface area contributed by atoms with Crippen molar-refractivity contribution in [3.05, 3.63) is 44.8 Å². The van der Waals surface area contributed by atoms with Crippen LogP contribution in [0.1, 0.15) is 20.3 Å². The molecule has 0 amide bonds. The van der Waals surface area contributed by atoms with E-state index in [1.807, 2.05) is 0 Å². The average molecular weight is 542 g/mol. The minimum Gasteiger partial charge on any atom is -0.353 e. The Morgan fingerprint density at radius 2 is 1.95 bits per heavy atom. The first-order chi connectivity index (χ1) is 17.9. The number of fused-ring (bicyclic) bond motifs is 1. The molecule has 4 heterocycles. The van der Waals surface area contributed by atoms with Crippen LogP contribution < -0.4 is 20.7 Å². The van der Waals surface area contributed by atoms with E-state index >= 15 is 0 Å². The molecule has 194 valence electrons. The van der Waals surface area contributed by atoms with Crippen LogP contribution >= 0.6 is 23.2 Å². The molecule has 0 radical (unpaired) electrons. The first-order valence-electron chi connectivity index (χ1n) is 12.5. The van der Waals surface area contributed by atoms with E-state index in [1.54, 1.807) is 24.4 Å². The van der Waals surface area contributed by atoms with E-state index in [-0.39, 0.29) is 16.6 Å². The molecule has 1 aromatic carbocycles. The lowest BCUT2D eigenvalue weighted by Crippen LogP contribution is -2.60.